The van der Waals surface area contributed by atoms with Crippen LogP contribution in [0.15, 0.2) is 30.5 Å². The van der Waals surface area contributed by atoms with Crippen LogP contribution in [0.1, 0.15) is 11.1 Å². The number of rotatable bonds is 1. The molecule has 0 radical (unpaired) electrons. The Morgan fingerprint density at radius 3 is 2.69 bits per heavy atom. The maximum atomic E-state index is 13.6. The monoisotopic (exact) mass is 217 g/mol. The minimum absolute atomic E-state index is 0.161. The Morgan fingerprint density at radius 1 is 1.25 bits per heavy atom. The van der Waals surface area contributed by atoms with E-state index in [1.807, 2.05) is 32.0 Å². The van der Waals surface area contributed by atoms with Gasteiger partial charge in [0, 0.05) is 11.6 Å². The van der Waals surface area contributed by atoms with Gasteiger partial charge in [-0.05, 0) is 25.0 Å². The summed E-state index contributed by atoms with van der Waals surface area (Å²) in [6.07, 6.45) is 1.25. The zero-order valence-electron chi connectivity index (χ0n) is 9.16. The van der Waals surface area contributed by atoms with Crippen molar-refractivity contribution >= 4 is 0 Å². The molecule has 0 amide bonds. The summed E-state index contributed by atoms with van der Waals surface area (Å²) in [5, 5.41) is 9.11. The van der Waals surface area contributed by atoms with Gasteiger partial charge in [-0.15, -0.1) is 0 Å². The first-order valence-electron chi connectivity index (χ1n) is 5.00. The molecule has 0 atom stereocenters. The van der Waals surface area contributed by atoms with Crippen LogP contribution in [-0.4, -0.2) is 10.1 Å². The van der Waals surface area contributed by atoms with Crippen LogP contribution in [0.4, 0.5) is 4.39 Å². The minimum atomic E-state index is -0.506. The fourth-order valence-corrected chi connectivity index (χ4v) is 1.63. The number of hydrogen-bond donors (Lipinski definition) is 1. The summed E-state index contributed by atoms with van der Waals surface area (Å²) in [5.41, 5.74) is 3.13. The van der Waals surface area contributed by atoms with Crippen molar-refractivity contribution < 1.29 is 9.50 Å². The van der Waals surface area contributed by atoms with Crippen molar-refractivity contribution in [3.8, 4) is 17.0 Å². The van der Waals surface area contributed by atoms with E-state index in [9.17, 15) is 4.39 Å². The standard InChI is InChI=1S/C13H12FNO/c1-8-4-3-5-11(9(8)2)13-12(14)6-10(16)7-15-13/h3-7,16H,1-2H3. The third-order valence-corrected chi connectivity index (χ3v) is 2.69. The SMILES string of the molecule is Cc1cccc(-c2ncc(O)cc2F)c1C. The van der Waals surface area contributed by atoms with Crippen molar-refractivity contribution in [1.29, 1.82) is 0 Å². The lowest BCUT2D eigenvalue weighted by molar-refractivity contribution is 0.466. The highest BCUT2D eigenvalue weighted by molar-refractivity contribution is 5.65. The van der Waals surface area contributed by atoms with Crippen molar-refractivity contribution in [3.05, 3.63) is 47.4 Å². The fourth-order valence-electron chi connectivity index (χ4n) is 1.63. The molecule has 0 fully saturated rings. The lowest BCUT2D eigenvalue weighted by Gasteiger charge is -2.08. The fraction of sp³-hybridized carbons (Fsp3) is 0.154. The second-order valence-corrected chi connectivity index (χ2v) is 3.77. The first kappa shape index (κ1) is 10.6. The van der Waals surface area contributed by atoms with E-state index in [4.69, 9.17) is 5.11 Å². The first-order valence-corrected chi connectivity index (χ1v) is 5.00. The predicted molar refractivity (Wildman–Crippen MR) is 60.8 cm³/mol. The molecule has 82 valence electrons. The van der Waals surface area contributed by atoms with Gasteiger partial charge in [-0.1, -0.05) is 18.2 Å². The molecule has 0 unspecified atom stereocenters. The molecular formula is C13H12FNO. The van der Waals surface area contributed by atoms with Gasteiger partial charge in [0.1, 0.15) is 11.4 Å². The van der Waals surface area contributed by atoms with Crippen LogP contribution in [0.2, 0.25) is 0 Å². The Labute approximate surface area is 93.4 Å². The van der Waals surface area contributed by atoms with E-state index in [1.54, 1.807) is 0 Å². The number of aromatic hydroxyl groups is 1. The Morgan fingerprint density at radius 2 is 2.00 bits per heavy atom. The molecule has 2 nitrogen and oxygen atoms in total. The third kappa shape index (κ3) is 1.76. The number of hydrogen-bond acceptors (Lipinski definition) is 2. The Bertz CT molecular complexity index is 537. The molecule has 2 rings (SSSR count). The molecule has 0 aliphatic rings. The van der Waals surface area contributed by atoms with Gasteiger partial charge in [0.2, 0.25) is 0 Å². The quantitative estimate of drug-likeness (QED) is 0.795. The number of aromatic nitrogens is 1. The number of pyridine rings is 1. The van der Waals surface area contributed by atoms with Crippen LogP contribution < -0.4 is 0 Å². The molecule has 1 N–H and O–H groups in total. The summed E-state index contributed by atoms with van der Waals surface area (Å²) >= 11 is 0. The summed E-state index contributed by atoms with van der Waals surface area (Å²) < 4.78 is 13.6. The lowest BCUT2D eigenvalue weighted by atomic mass is 10.0. The molecule has 3 heteroatoms. The number of halogens is 1. The topological polar surface area (TPSA) is 33.1 Å². The van der Waals surface area contributed by atoms with Gasteiger partial charge in [-0.3, -0.25) is 0 Å². The molecule has 0 spiro atoms. The summed E-state index contributed by atoms with van der Waals surface area (Å²) in [4.78, 5) is 3.92. The van der Waals surface area contributed by atoms with Gasteiger partial charge in [-0.2, -0.15) is 0 Å². The number of nitrogens with zero attached hydrogens (tertiary/aromatic N) is 1. The maximum Gasteiger partial charge on any atom is 0.153 e. The summed E-state index contributed by atoms with van der Waals surface area (Å²) in [7, 11) is 0. The van der Waals surface area contributed by atoms with Crippen LogP contribution in [0, 0.1) is 19.7 Å². The molecule has 0 saturated carbocycles. The van der Waals surface area contributed by atoms with E-state index in [0.717, 1.165) is 22.8 Å². The highest BCUT2D eigenvalue weighted by atomic mass is 19.1. The van der Waals surface area contributed by atoms with E-state index >= 15 is 0 Å². The van der Waals surface area contributed by atoms with Gasteiger partial charge in [0.15, 0.2) is 5.82 Å². The van der Waals surface area contributed by atoms with Gasteiger partial charge >= 0.3 is 0 Å². The average Bonchev–Trinajstić information content (AvgIpc) is 2.23. The maximum absolute atomic E-state index is 13.6. The molecule has 0 aliphatic carbocycles. The second-order valence-electron chi connectivity index (χ2n) is 3.77. The molecular weight excluding hydrogens is 205 g/mol. The van der Waals surface area contributed by atoms with Gasteiger partial charge < -0.3 is 5.11 Å². The minimum Gasteiger partial charge on any atom is -0.506 e. The molecule has 0 aliphatic heterocycles. The van der Waals surface area contributed by atoms with Crippen LogP contribution in [0.25, 0.3) is 11.3 Å². The number of benzene rings is 1. The molecule has 2 aromatic rings. The zero-order chi connectivity index (χ0) is 11.7. The molecule has 16 heavy (non-hydrogen) atoms. The lowest BCUT2D eigenvalue weighted by Crippen LogP contribution is -1.93. The number of aryl methyl sites for hydroxylation is 1. The Kier molecular flexibility index (Phi) is 2.60. The second kappa shape index (κ2) is 3.93. The van der Waals surface area contributed by atoms with Crippen LogP contribution in [0.5, 0.6) is 5.75 Å². The summed E-state index contributed by atoms with van der Waals surface area (Å²) in [6.45, 7) is 3.90. The predicted octanol–water partition coefficient (Wildman–Crippen LogP) is 3.21. The van der Waals surface area contributed by atoms with Crippen LogP contribution in [0.3, 0.4) is 0 Å². The average molecular weight is 217 g/mol. The highest BCUT2D eigenvalue weighted by Crippen LogP contribution is 2.27. The van der Waals surface area contributed by atoms with Crippen molar-refractivity contribution in [1.82, 2.24) is 4.98 Å². The summed E-state index contributed by atoms with van der Waals surface area (Å²) in [6, 6.07) is 6.73. The zero-order valence-corrected chi connectivity index (χ0v) is 9.16. The Hall–Kier alpha value is -1.90. The molecule has 1 aromatic carbocycles. The van der Waals surface area contributed by atoms with Crippen molar-refractivity contribution in [3.63, 3.8) is 0 Å². The largest absolute Gasteiger partial charge is 0.506 e. The molecule has 1 aromatic heterocycles. The van der Waals surface area contributed by atoms with E-state index in [2.05, 4.69) is 4.98 Å². The highest BCUT2D eigenvalue weighted by Gasteiger charge is 2.10. The van der Waals surface area contributed by atoms with Gasteiger partial charge in [0.25, 0.3) is 0 Å². The third-order valence-electron chi connectivity index (χ3n) is 2.69. The van der Waals surface area contributed by atoms with Crippen LogP contribution >= 0.6 is 0 Å². The molecule has 0 saturated heterocycles. The smallest absolute Gasteiger partial charge is 0.153 e. The molecule has 1 heterocycles. The van der Waals surface area contributed by atoms with Crippen molar-refractivity contribution in [2.45, 2.75) is 13.8 Å². The van der Waals surface area contributed by atoms with E-state index < -0.39 is 5.82 Å². The van der Waals surface area contributed by atoms with Gasteiger partial charge in [-0.25, -0.2) is 9.37 Å². The van der Waals surface area contributed by atoms with Gasteiger partial charge in [0.05, 0.1) is 6.20 Å². The van der Waals surface area contributed by atoms with Crippen molar-refractivity contribution in [2.24, 2.45) is 0 Å². The van der Waals surface area contributed by atoms with E-state index in [0.29, 0.717) is 0 Å². The Balaban J connectivity index is 2.63. The summed E-state index contributed by atoms with van der Waals surface area (Å²) in [5.74, 6) is -0.666. The molecule has 0 bridgehead atoms. The van der Waals surface area contributed by atoms with E-state index in [-0.39, 0.29) is 11.4 Å². The normalized spacial score (nSPS) is 10.4. The first-order chi connectivity index (χ1) is 7.59. The van der Waals surface area contributed by atoms with E-state index in [1.165, 1.54) is 6.20 Å². The van der Waals surface area contributed by atoms with Crippen molar-refractivity contribution in [2.75, 3.05) is 0 Å². The van der Waals surface area contributed by atoms with Crippen LogP contribution in [-0.2, 0) is 0 Å².